The average Bonchev–Trinajstić information content (AvgIpc) is 2.96. The first kappa shape index (κ1) is 14.8. The summed E-state index contributed by atoms with van der Waals surface area (Å²) in [5.41, 5.74) is -0.539. The summed E-state index contributed by atoms with van der Waals surface area (Å²) in [5, 5.41) is 14.6. The maximum atomic E-state index is 11.3. The largest absolute Gasteiger partial charge is 0.480 e. The highest BCUT2D eigenvalue weighted by Gasteiger charge is 2.28. The first-order chi connectivity index (χ1) is 8.28. The van der Waals surface area contributed by atoms with Crippen molar-refractivity contribution in [1.82, 2.24) is 10.6 Å². The molecule has 1 amide bonds. The molecule has 3 N–H and O–H groups in total. The van der Waals surface area contributed by atoms with E-state index in [1.807, 2.05) is 0 Å². The zero-order chi connectivity index (χ0) is 13.8. The number of carboxylic acid groups (broad SMARTS) is 1. The van der Waals surface area contributed by atoms with Crippen LogP contribution in [0.4, 0.5) is 4.79 Å². The Morgan fingerprint density at radius 1 is 1.39 bits per heavy atom. The highest BCUT2D eigenvalue weighted by molar-refractivity contribution is 5.73. The highest BCUT2D eigenvalue weighted by Crippen LogP contribution is 2.19. The Morgan fingerprint density at radius 3 is 2.44 bits per heavy atom. The summed E-state index contributed by atoms with van der Waals surface area (Å²) in [4.78, 5) is 22.3. The number of hydrogen-bond donors (Lipinski definition) is 3. The van der Waals surface area contributed by atoms with Crippen molar-refractivity contribution in [2.75, 3.05) is 6.54 Å². The second-order valence-electron chi connectivity index (χ2n) is 5.55. The number of ether oxygens (including phenoxy) is 1. The predicted octanol–water partition coefficient (Wildman–Crippen LogP) is 1.11. The lowest BCUT2D eigenvalue weighted by Gasteiger charge is -2.20. The fourth-order valence-electron chi connectivity index (χ4n) is 1.45. The van der Waals surface area contributed by atoms with Crippen LogP contribution in [0, 0.1) is 0 Å². The first-order valence-corrected chi connectivity index (χ1v) is 6.23. The third kappa shape index (κ3) is 6.44. The van der Waals surface area contributed by atoms with Crippen molar-refractivity contribution in [3.8, 4) is 0 Å². The molecule has 0 saturated heterocycles. The smallest absolute Gasteiger partial charge is 0.407 e. The van der Waals surface area contributed by atoms with Crippen LogP contribution in [0.2, 0.25) is 0 Å². The van der Waals surface area contributed by atoms with Gasteiger partial charge in [-0.1, -0.05) is 0 Å². The summed E-state index contributed by atoms with van der Waals surface area (Å²) in [6.45, 7) is 5.62. The van der Waals surface area contributed by atoms with Gasteiger partial charge < -0.3 is 20.5 Å². The summed E-state index contributed by atoms with van der Waals surface area (Å²) >= 11 is 0. The average molecular weight is 258 g/mol. The Balaban J connectivity index is 2.21. The first-order valence-electron chi connectivity index (χ1n) is 6.23. The van der Waals surface area contributed by atoms with Gasteiger partial charge in [0.1, 0.15) is 11.6 Å². The van der Waals surface area contributed by atoms with Crippen LogP contribution in [-0.4, -0.2) is 41.4 Å². The number of carboxylic acids is 1. The Labute approximate surface area is 107 Å². The van der Waals surface area contributed by atoms with Gasteiger partial charge in [0, 0.05) is 12.6 Å². The SMILES string of the molecule is CC(C)(C)OC(=O)NCCC(NC1CC1)C(=O)O. The number of nitrogens with one attached hydrogen (secondary N) is 2. The number of carbonyl (C=O) groups excluding carboxylic acids is 1. The van der Waals surface area contributed by atoms with E-state index in [0.29, 0.717) is 12.5 Å². The van der Waals surface area contributed by atoms with Crippen LogP contribution in [0.15, 0.2) is 0 Å². The van der Waals surface area contributed by atoms with Gasteiger partial charge in [-0.25, -0.2) is 4.79 Å². The van der Waals surface area contributed by atoms with Crippen LogP contribution in [0.25, 0.3) is 0 Å². The van der Waals surface area contributed by atoms with Crippen LogP contribution >= 0.6 is 0 Å². The molecule has 0 heterocycles. The number of amides is 1. The topological polar surface area (TPSA) is 87.7 Å². The third-order valence-electron chi connectivity index (χ3n) is 2.41. The van der Waals surface area contributed by atoms with E-state index in [9.17, 15) is 9.59 Å². The molecular weight excluding hydrogens is 236 g/mol. The van der Waals surface area contributed by atoms with Crippen LogP contribution in [0.5, 0.6) is 0 Å². The maximum absolute atomic E-state index is 11.3. The number of rotatable bonds is 6. The molecule has 1 aliphatic carbocycles. The quantitative estimate of drug-likeness (QED) is 0.664. The molecule has 0 aliphatic heterocycles. The molecule has 0 radical (unpaired) electrons. The predicted molar refractivity (Wildman–Crippen MR) is 66.4 cm³/mol. The van der Waals surface area contributed by atoms with Crippen molar-refractivity contribution in [1.29, 1.82) is 0 Å². The van der Waals surface area contributed by atoms with Crippen molar-refractivity contribution < 1.29 is 19.4 Å². The monoisotopic (exact) mass is 258 g/mol. The van der Waals surface area contributed by atoms with Gasteiger partial charge in [0.15, 0.2) is 0 Å². The summed E-state index contributed by atoms with van der Waals surface area (Å²) < 4.78 is 5.06. The van der Waals surface area contributed by atoms with Crippen LogP contribution in [0.3, 0.4) is 0 Å². The van der Waals surface area contributed by atoms with E-state index >= 15 is 0 Å². The second kappa shape index (κ2) is 6.04. The van der Waals surface area contributed by atoms with Gasteiger partial charge in [0.2, 0.25) is 0 Å². The molecule has 0 aromatic rings. The second-order valence-corrected chi connectivity index (χ2v) is 5.55. The molecule has 1 atom stereocenters. The molecule has 1 aliphatic rings. The molecule has 0 aromatic carbocycles. The van der Waals surface area contributed by atoms with Gasteiger partial charge in [0.25, 0.3) is 0 Å². The molecule has 0 spiro atoms. The zero-order valence-electron chi connectivity index (χ0n) is 11.2. The van der Waals surface area contributed by atoms with Crippen LogP contribution in [-0.2, 0) is 9.53 Å². The molecule has 18 heavy (non-hydrogen) atoms. The van der Waals surface area contributed by atoms with Crippen molar-refractivity contribution in [3.63, 3.8) is 0 Å². The fourth-order valence-corrected chi connectivity index (χ4v) is 1.45. The number of hydrogen-bond acceptors (Lipinski definition) is 4. The normalized spacial score (nSPS) is 17.1. The van der Waals surface area contributed by atoms with Gasteiger partial charge in [0.05, 0.1) is 0 Å². The Hall–Kier alpha value is -1.30. The number of carbonyl (C=O) groups is 2. The maximum Gasteiger partial charge on any atom is 0.407 e. The lowest BCUT2D eigenvalue weighted by molar-refractivity contribution is -0.139. The van der Waals surface area contributed by atoms with Crippen molar-refractivity contribution in [3.05, 3.63) is 0 Å². The lowest BCUT2D eigenvalue weighted by atomic mass is 10.2. The lowest BCUT2D eigenvalue weighted by Crippen LogP contribution is -2.41. The summed E-state index contributed by atoms with van der Waals surface area (Å²) in [7, 11) is 0. The van der Waals surface area contributed by atoms with E-state index in [1.165, 1.54) is 0 Å². The minimum Gasteiger partial charge on any atom is -0.480 e. The van der Waals surface area contributed by atoms with Gasteiger partial charge in [-0.3, -0.25) is 4.79 Å². The van der Waals surface area contributed by atoms with Gasteiger partial charge in [-0.05, 0) is 40.0 Å². The van der Waals surface area contributed by atoms with Crippen LogP contribution in [0.1, 0.15) is 40.0 Å². The molecule has 1 rings (SSSR count). The molecule has 1 unspecified atom stereocenters. The van der Waals surface area contributed by atoms with Crippen molar-refractivity contribution >= 4 is 12.1 Å². The van der Waals surface area contributed by atoms with Gasteiger partial charge >= 0.3 is 12.1 Å². The third-order valence-corrected chi connectivity index (χ3v) is 2.41. The molecule has 6 nitrogen and oxygen atoms in total. The minimum atomic E-state index is -0.882. The van der Waals surface area contributed by atoms with Gasteiger partial charge in [-0.2, -0.15) is 0 Å². The van der Waals surface area contributed by atoms with E-state index in [-0.39, 0.29) is 6.54 Å². The molecule has 1 fully saturated rings. The van der Waals surface area contributed by atoms with E-state index in [1.54, 1.807) is 20.8 Å². The highest BCUT2D eigenvalue weighted by atomic mass is 16.6. The number of alkyl carbamates (subject to hydrolysis) is 1. The van der Waals surface area contributed by atoms with Crippen molar-refractivity contribution in [2.24, 2.45) is 0 Å². The van der Waals surface area contributed by atoms with E-state index in [4.69, 9.17) is 9.84 Å². The molecule has 0 bridgehead atoms. The summed E-state index contributed by atoms with van der Waals surface area (Å²) in [6, 6.07) is -0.278. The standard InChI is InChI=1S/C12H22N2O4/c1-12(2,3)18-11(17)13-7-6-9(10(15)16)14-8-4-5-8/h8-9,14H,4-7H2,1-3H3,(H,13,17)(H,15,16). The zero-order valence-corrected chi connectivity index (χ0v) is 11.2. The van der Waals surface area contributed by atoms with Crippen molar-refractivity contribution in [2.45, 2.75) is 57.7 Å². The Kier molecular flexibility index (Phi) is 4.95. The minimum absolute atomic E-state index is 0.283. The molecule has 0 aromatic heterocycles. The van der Waals surface area contributed by atoms with E-state index in [0.717, 1.165) is 12.8 Å². The molecule has 1 saturated carbocycles. The summed E-state index contributed by atoms with van der Waals surface area (Å²) in [6.07, 6.45) is 1.90. The van der Waals surface area contributed by atoms with Crippen LogP contribution < -0.4 is 10.6 Å². The fraction of sp³-hybridized carbons (Fsp3) is 0.833. The Morgan fingerprint density at radius 2 is 2.00 bits per heavy atom. The molecule has 6 heteroatoms. The molecular formula is C12H22N2O4. The summed E-state index contributed by atoms with van der Waals surface area (Å²) in [5.74, 6) is -0.882. The van der Waals surface area contributed by atoms with E-state index in [2.05, 4.69) is 10.6 Å². The Bertz CT molecular complexity index is 308. The molecule has 104 valence electrons. The van der Waals surface area contributed by atoms with Gasteiger partial charge in [-0.15, -0.1) is 0 Å². The number of aliphatic carboxylic acids is 1. The van der Waals surface area contributed by atoms with E-state index < -0.39 is 23.7 Å².